The minimum atomic E-state index is 0.449. The van der Waals surface area contributed by atoms with Crippen molar-refractivity contribution in [2.45, 2.75) is 57.0 Å². The number of hydrogen-bond acceptors (Lipinski definition) is 2. The van der Waals surface area contributed by atoms with E-state index in [1.54, 1.807) is 0 Å². The zero-order valence-electron chi connectivity index (χ0n) is 11.2. The van der Waals surface area contributed by atoms with Crippen molar-refractivity contribution in [3.05, 3.63) is 0 Å². The summed E-state index contributed by atoms with van der Waals surface area (Å²) in [7, 11) is 0. The fourth-order valence-electron chi connectivity index (χ4n) is 5.10. The molecule has 3 nitrogen and oxygen atoms in total. The molecule has 4 aliphatic rings. The Balaban J connectivity index is 1.59. The molecule has 4 atom stereocenters. The Labute approximate surface area is 110 Å². The van der Waals surface area contributed by atoms with Crippen molar-refractivity contribution in [1.82, 2.24) is 9.80 Å². The molecule has 0 spiro atoms. The fraction of sp³-hybridized carbons (Fsp3) is 0.933. The largest absolute Gasteiger partial charge is 0.339 e. The normalized spacial score (nSPS) is 44.4. The van der Waals surface area contributed by atoms with Crippen molar-refractivity contribution in [3.8, 4) is 0 Å². The van der Waals surface area contributed by atoms with E-state index in [1.807, 2.05) is 0 Å². The van der Waals surface area contributed by atoms with Crippen LogP contribution in [0.15, 0.2) is 0 Å². The first-order valence-electron chi connectivity index (χ1n) is 7.86. The summed E-state index contributed by atoms with van der Waals surface area (Å²) in [5, 5.41) is 0. The highest BCUT2D eigenvalue weighted by atomic mass is 16.2. The molecule has 0 aromatic heterocycles. The smallest absolute Gasteiger partial charge is 0.222 e. The first-order valence-corrected chi connectivity index (χ1v) is 7.86. The third kappa shape index (κ3) is 1.63. The second-order valence-corrected chi connectivity index (χ2v) is 6.82. The quantitative estimate of drug-likeness (QED) is 0.653. The van der Waals surface area contributed by atoms with Gasteiger partial charge >= 0.3 is 0 Å². The Morgan fingerprint density at radius 1 is 0.944 bits per heavy atom. The highest BCUT2D eigenvalue weighted by molar-refractivity contribution is 5.77. The van der Waals surface area contributed by atoms with Gasteiger partial charge in [-0.05, 0) is 50.5 Å². The van der Waals surface area contributed by atoms with Crippen LogP contribution in [0.5, 0.6) is 0 Å². The van der Waals surface area contributed by atoms with Gasteiger partial charge in [-0.3, -0.25) is 9.69 Å². The molecule has 18 heavy (non-hydrogen) atoms. The lowest BCUT2D eigenvalue weighted by Gasteiger charge is -2.56. The summed E-state index contributed by atoms with van der Waals surface area (Å²) in [5.74, 6) is 2.01. The maximum atomic E-state index is 12.1. The predicted octanol–water partition coefficient (Wildman–Crippen LogP) is 1.87. The summed E-state index contributed by atoms with van der Waals surface area (Å²) in [5.41, 5.74) is 0. The van der Waals surface area contributed by atoms with Gasteiger partial charge in [0, 0.05) is 31.6 Å². The third-order valence-corrected chi connectivity index (χ3v) is 5.87. The maximum Gasteiger partial charge on any atom is 0.222 e. The first-order chi connectivity index (χ1) is 8.83. The van der Waals surface area contributed by atoms with Crippen LogP contribution in [-0.2, 0) is 4.79 Å². The molecular formula is C15H24N2O. The lowest BCUT2D eigenvalue weighted by molar-refractivity contribution is -0.148. The molecule has 4 fully saturated rings. The lowest BCUT2D eigenvalue weighted by Crippen LogP contribution is -2.64. The van der Waals surface area contributed by atoms with Crippen molar-refractivity contribution in [2.75, 3.05) is 19.6 Å². The van der Waals surface area contributed by atoms with Crippen LogP contribution >= 0.6 is 0 Å². The molecule has 4 rings (SSSR count). The molecule has 0 unspecified atom stereocenters. The molecule has 0 radical (unpaired) electrons. The van der Waals surface area contributed by atoms with Crippen LogP contribution in [0.1, 0.15) is 44.9 Å². The zero-order chi connectivity index (χ0) is 12.1. The molecule has 0 N–H and O–H groups in total. The molecule has 0 saturated carbocycles. The van der Waals surface area contributed by atoms with Crippen molar-refractivity contribution in [1.29, 1.82) is 0 Å². The van der Waals surface area contributed by atoms with Crippen LogP contribution in [0.4, 0.5) is 0 Å². The number of fused-ring (bicyclic) bond motifs is 6. The number of piperidine rings is 4. The average molecular weight is 248 g/mol. The molecule has 1 amide bonds. The van der Waals surface area contributed by atoms with E-state index >= 15 is 0 Å². The maximum absolute atomic E-state index is 12.1. The van der Waals surface area contributed by atoms with Crippen LogP contribution in [-0.4, -0.2) is 47.4 Å². The van der Waals surface area contributed by atoms with Gasteiger partial charge in [-0.25, -0.2) is 0 Å². The van der Waals surface area contributed by atoms with Gasteiger partial charge in [0.15, 0.2) is 0 Å². The zero-order valence-corrected chi connectivity index (χ0v) is 11.2. The Hall–Kier alpha value is -0.570. The van der Waals surface area contributed by atoms with E-state index in [2.05, 4.69) is 9.80 Å². The molecule has 4 saturated heterocycles. The standard InChI is InChI=1S/C15H24N2O/c18-15-6-3-5-14-11-8-12(10-17(14)15)13-4-1-2-7-16(13)9-11/h11-14H,1-10H2/t11-,12+,13+,14-/m1/s1. The minimum absolute atomic E-state index is 0.449. The van der Waals surface area contributed by atoms with Crippen molar-refractivity contribution in [2.24, 2.45) is 11.8 Å². The number of carbonyl (C=O) groups excluding carboxylic acids is 1. The van der Waals surface area contributed by atoms with E-state index in [9.17, 15) is 4.79 Å². The van der Waals surface area contributed by atoms with Crippen LogP contribution in [0.2, 0.25) is 0 Å². The Morgan fingerprint density at radius 2 is 1.78 bits per heavy atom. The second kappa shape index (κ2) is 4.22. The summed E-state index contributed by atoms with van der Waals surface area (Å²) < 4.78 is 0. The Bertz CT molecular complexity index is 356. The SMILES string of the molecule is O=C1CCC[C@@H]2[C@@H]3C[C@@H](CN12)[C@@H]1CCCCN1C3. The summed E-state index contributed by atoms with van der Waals surface area (Å²) in [6, 6.07) is 1.39. The van der Waals surface area contributed by atoms with E-state index in [0.29, 0.717) is 11.9 Å². The predicted molar refractivity (Wildman–Crippen MR) is 70.2 cm³/mol. The van der Waals surface area contributed by atoms with E-state index in [1.165, 1.54) is 45.2 Å². The summed E-state index contributed by atoms with van der Waals surface area (Å²) in [6.07, 6.45) is 8.78. The van der Waals surface area contributed by atoms with Gasteiger partial charge in [0.05, 0.1) is 0 Å². The Kier molecular flexibility index (Phi) is 2.65. The first kappa shape index (κ1) is 11.3. The van der Waals surface area contributed by atoms with E-state index in [4.69, 9.17) is 0 Å². The van der Waals surface area contributed by atoms with E-state index in [0.717, 1.165) is 37.3 Å². The summed E-state index contributed by atoms with van der Waals surface area (Å²) in [6.45, 7) is 3.66. The average Bonchev–Trinajstić information content (AvgIpc) is 2.40. The van der Waals surface area contributed by atoms with Crippen molar-refractivity contribution in [3.63, 3.8) is 0 Å². The van der Waals surface area contributed by atoms with Gasteiger partial charge in [0.1, 0.15) is 0 Å². The molecule has 0 aliphatic carbocycles. The lowest BCUT2D eigenvalue weighted by atomic mass is 9.71. The summed E-state index contributed by atoms with van der Waals surface area (Å²) in [4.78, 5) is 17.2. The van der Waals surface area contributed by atoms with Crippen LogP contribution in [0.3, 0.4) is 0 Å². The molecule has 4 aliphatic heterocycles. The van der Waals surface area contributed by atoms with Gasteiger partial charge in [-0.1, -0.05) is 6.42 Å². The van der Waals surface area contributed by atoms with Crippen molar-refractivity contribution >= 4 is 5.91 Å². The molecule has 100 valence electrons. The number of hydrogen-bond donors (Lipinski definition) is 0. The molecule has 3 heteroatoms. The Morgan fingerprint density at radius 3 is 2.72 bits per heavy atom. The number of rotatable bonds is 0. The molecule has 4 heterocycles. The highest BCUT2D eigenvalue weighted by Gasteiger charge is 2.47. The molecule has 2 bridgehead atoms. The topological polar surface area (TPSA) is 23.6 Å². The number of amides is 1. The van der Waals surface area contributed by atoms with Gasteiger partial charge in [-0.15, -0.1) is 0 Å². The van der Waals surface area contributed by atoms with Gasteiger partial charge in [0.2, 0.25) is 5.91 Å². The van der Waals surface area contributed by atoms with Gasteiger partial charge in [-0.2, -0.15) is 0 Å². The summed E-state index contributed by atoms with van der Waals surface area (Å²) >= 11 is 0. The van der Waals surface area contributed by atoms with Crippen molar-refractivity contribution < 1.29 is 4.79 Å². The van der Waals surface area contributed by atoms with Crippen LogP contribution in [0.25, 0.3) is 0 Å². The monoisotopic (exact) mass is 248 g/mol. The third-order valence-electron chi connectivity index (χ3n) is 5.87. The van der Waals surface area contributed by atoms with Crippen LogP contribution in [0, 0.1) is 11.8 Å². The number of nitrogens with zero attached hydrogens (tertiary/aromatic N) is 2. The second-order valence-electron chi connectivity index (χ2n) is 6.82. The van der Waals surface area contributed by atoms with E-state index < -0.39 is 0 Å². The van der Waals surface area contributed by atoms with Gasteiger partial charge in [0.25, 0.3) is 0 Å². The fourth-order valence-corrected chi connectivity index (χ4v) is 5.10. The highest BCUT2D eigenvalue weighted by Crippen LogP contribution is 2.42. The minimum Gasteiger partial charge on any atom is -0.339 e. The molecular weight excluding hydrogens is 224 g/mol. The molecule has 0 aromatic carbocycles. The molecule has 0 aromatic rings. The van der Waals surface area contributed by atoms with Crippen LogP contribution < -0.4 is 0 Å². The van der Waals surface area contributed by atoms with E-state index in [-0.39, 0.29) is 0 Å². The van der Waals surface area contributed by atoms with Gasteiger partial charge < -0.3 is 4.90 Å². The number of carbonyl (C=O) groups is 1.